The topological polar surface area (TPSA) is 24.4 Å². The molecular formula is C13H17ClN2. The molecule has 0 bridgehead atoms. The maximum atomic E-state index is 5.82. The minimum absolute atomic E-state index is 0.757. The van der Waals surface area contributed by atoms with Crippen LogP contribution in [0.3, 0.4) is 0 Å². The van der Waals surface area contributed by atoms with Gasteiger partial charge in [0.1, 0.15) is 0 Å². The molecule has 1 N–H and O–H groups in total. The first-order valence-corrected chi connectivity index (χ1v) is 6.29. The van der Waals surface area contributed by atoms with Crippen molar-refractivity contribution in [3.05, 3.63) is 29.3 Å². The minimum atomic E-state index is 0.757. The van der Waals surface area contributed by atoms with Crippen LogP contribution >= 0.6 is 11.6 Å². The lowest BCUT2D eigenvalue weighted by Crippen LogP contribution is -2.00. The number of anilines is 1. The molecule has 0 spiro atoms. The van der Waals surface area contributed by atoms with E-state index in [1.807, 2.05) is 24.3 Å². The van der Waals surface area contributed by atoms with E-state index in [0.29, 0.717) is 0 Å². The standard InChI is InChI=1S/C13H17ClN2/c14-11-7-9-13(10-8-11)16-15-12-5-3-1-2-4-6-12/h7-10,16H,1-6H2. The van der Waals surface area contributed by atoms with E-state index in [1.54, 1.807) is 0 Å². The third kappa shape index (κ3) is 3.53. The molecule has 1 aliphatic carbocycles. The Morgan fingerprint density at radius 1 is 0.938 bits per heavy atom. The molecule has 0 saturated heterocycles. The number of benzene rings is 1. The van der Waals surface area contributed by atoms with Crippen molar-refractivity contribution in [3.8, 4) is 0 Å². The second-order valence-corrected chi connectivity index (χ2v) is 4.65. The Kier molecular flexibility index (Phi) is 4.23. The van der Waals surface area contributed by atoms with Gasteiger partial charge in [-0.15, -0.1) is 0 Å². The van der Waals surface area contributed by atoms with Gasteiger partial charge in [0, 0.05) is 10.7 Å². The molecular weight excluding hydrogens is 220 g/mol. The Hall–Kier alpha value is -1.02. The van der Waals surface area contributed by atoms with E-state index in [2.05, 4.69) is 10.5 Å². The molecule has 0 heterocycles. The second kappa shape index (κ2) is 5.90. The first kappa shape index (κ1) is 11.5. The average Bonchev–Trinajstić information content (AvgIpc) is 2.57. The largest absolute Gasteiger partial charge is 0.279 e. The van der Waals surface area contributed by atoms with E-state index in [1.165, 1.54) is 31.4 Å². The first-order valence-electron chi connectivity index (χ1n) is 5.91. The summed E-state index contributed by atoms with van der Waals surface area (Å²) in [6, 6.07) is 7.64. The van der Waals surface area contributed by atoms with Crippen LogP contribution in [0.15, 0.2) is 29.4 Å². The highest BCUT2D eigenvalue weighted by molar-refractivity contribution is 6.30. The van der Waals surface area contributed by atoms with Gasteiger partial charge in [-0.1, -0.05) is 24.4 Å². The van der Waals surface area contributed by atoms with Crippen LogP contribution in [0.4, 0.5) is 5.69 Å². The lowest BCUT2D eigenvalue weighted by atomic mass is 10.2. The van der Waals surface area contributed by atoms with Crippen LogP contribution in [0.1, 0.15) is 38.5 Å². The van der Waals surface area contributed by atoms with Crippen molar-refractivity contribution in [1.82, 2.24) is 0 Å². The van der Waals surface area contributed by atoms with Crippen molar-refractivity contribution in [3.63, 3.8) is 0 Å². The molecule has 86 valence electrons. The monoisotopic (exact) mass is 236 g/mol. The van der Waals surface area contributed by atoms with Gasteiger partial charge in [-0.3, -0.25) is 5.43 Å². The van der Waals surface area contributed by atoms with Crippen LogP contribution in [0, 0.1) is 0 Å². The molecule has 0 amide bonds. The summed E-state index contributed by atoms with van der Waals surface area (Å²) < 4.78 is 0. The van der Waals surface area contributed by atoms with E-state index >= 15 is 0 Å². The summed E-state index contributed by atoms with van der Waals surface area (Å²) in [7, 11) is 0. The van der Waals surface area contributed by atoms with Gasteiger partial charge in [0.15, 0.2) is 0 Å². The molecule has 1 aromatic rings. The number of halogens is 1. The van der Waals surface area contributed by atoms with Crippen molar-refractivity contribution >= 4 is 23.0 Å². The lowest BCUT2D eigenvalue weighted by molar-refractivity contribution is 0.702. The van der Waals surface area contributed by atoms with Crippen LogP contribution in [-0.4, -0.2) is 5.71 Å². The van der Waals surface area contributed by atoms with Crippen molar-refractivity contribution < 1.29 is 0 Å². The number of nitrogens with one attached hydrogen (secondary N) is 1. The molecule has 2 rings (SSSR count). The fraction of sp³-hybridized carbons (Fsp3) is 0.462. The van der Waals surface area contributed by atoms with Crippen LogP contribution in [0.5, 0.6) is 0 Å². The van der Waals surface area contributed by atoms with Crippen LogP contribution in [-0.2, 0) is 0 Å². The quantitative estimate of drug-likeness (QED) is 0.595. The molecule has 1 aliphatic rings. The number of nitrogens with zero attached hydrogens (tertiary/aromatic N) is 1. The molecule has 0 unspecified atom stereocenters. The van der Waals surface area contributed by atoms with E-state index in [0.717, 1.165) is 23.6 Å². The fourth-order valence-electron chi connectivity index (χ4n) is 1.92. The highest BCUT2D eigenvalue weighted by Gasteiger charge is 2.05. The predicted molar refractivity (Wildman–Crippen MR) is 70.2 cm³/mol. The second-order valence-electron chi connectivity index (χ2n) is 4.21. The van der Waals surface area contributed by atoms with Crippen LogP contribution in [0.25, 0.3) is 0 Å². The maximum absolute atomic E-state index is 5.82. The molecule has 3 heteroatoms. The Balaban J connectivity index is 1.93. The Morgan fingerprint density at radius 3 is 2.19 bits per heavy atom. The smallest absolute Gasteiger partial charge is 0.0562 e. The highest BCUT2D eigenvalue weighted by Crippen LogP contribution is 2.16. The molecule has 0 aromatic heterocycles. The Bertz CT molecular complexity index is 347. The van der Waals surface area contributed by atoms with Gasteiger partial charge in [0.25, 0.3) is 0 Å². The molecule has 1 aromatic carbocycles. The molecule has 2 nitrogen and oxygen atoms in total. The summed E-state index contributed by atoms with van der Waals surface area (Å²) in [5, 5.41) is 5.22. The number of rotatable bonds is 2. The van der Waals surface area contributed by atoms with E-state index in [4.69, 9.17) is 11.6 Å². The van der Waals surface area contributed by atoms with Crippen molar-refractivity contribution in [2.24, 2.45) is 5.10 Å². The summed E-state index contributed by atoms with van der Waals surface area (Å²) in [5.41, 5.74) is 5.40. The predicted octanol–water partition coefficient (Wildman–Crippen LogP) is 4.46. The zero-order valence-corrected chi connectivity index (χ0v) is 10.1. The number of hydrogen-bond acceptors (Lipinski definition) is 2. The van der Waals surface area contributed by atoms with Crippen LogP contribution in [0.2, 0.25) is 5.02 Å². The minimum Gasteiger partial charge on any atom is -0.279 e. The van der Waals surface area contributed by atoms with E-state index < -0.39 is 0 Å². The normalized spacial score (nSPS) is 16.7. The summed E-state index contributed by atoms with van der Waals surface area (Å²) in [5.74, 6) is 0. The molecule has 1 fully saturated rings. The molecule has 0 atom stereocenters. The van der Waals surface area contributed by atoms with Gasteiger partial charge in [-0.2, -0.15) is 5.10 Å². The fourth-order valence-corrected chi connectivity index (χ4v) is 2.04. The van der Waals surface area contributed by atoms with E-state index in [9.17, 15) is 0 Å². The van der Waals surface area contributed by atoms with Gasteiger partial charge >= 0.3 is 0 Å². The summed E-state index contributed by atoms with van der Waals surface area (Å²) >= 11 is 5.82. The van der Waals surface area contributed by atoms with E-state index in [-0.39, 0.29) is 0 Å². The van der Waals surface area contributed by atoms with Crippen molar-refractivity contribution in [2.75, 3.05) is 5.43 Å². The van der Waals surface area contributed by atoms with Crippen molar-refractivity contribution in [2.45, 2.75) is 38.5 Å². The Labute approximate surface area is 102 Å². The molecule has 0 aliphatic heterocycles. The Morgan fingerprint density at radius 2 is 1.56 bits per heavy atom. The third-order valence-electron chi connectivity index (χ3n) is 2.87. The molecule has 0 radical (unpaired) electrons. The van der Waals surface area contributed by atoms with Gasteiger partial charge in [-0.05, 0) is 49.9 Å². The van der Waals surface area contributed by atoms with Gasteiger partial charge in [0.2, 0.25) is 0 Å². The maximum Gasteiger partial charge on any atom is 0.0562 e. The first-order chi connectivity index (χ1) is 7.84. The van der Waals surface area contributed by atoms with Gasteiger partial charge < -0.3 is 0 Å². The van der Waals surface area contributed by atoms with Gasteiger partial charge in [-0.25, -0.2) is 0 Å². The number of hydrogen-bond donors (Lipinski definition) is 1. The summed E-state index contributed by atoms with van der Waals surface area (Å²) in [6.45, 7) is 0. The SMILES string of the molecule is Clc1ccc(NN=C2CCCCCC2)cc1. The third-order valence-corrected chi connectivity index (χ3v) is 3.12. The zero-order valence-electron chi connectivity index (χ0n) is 9.38. The summed E-state index contributed by atoms with van der Waals surface area (Å²) in [6.07, 6.45) is 7.53. The molecule has 1 saturated carbocycles. The van der Waals surface area contributed by atoms with Gasteiger partial charge in [0.05, 0.1) is 5.69 Å². The number of hydrazone groups is 1. The highest BCUT2D eigenvalue weighted by atomic mass is 35.5. The lowest BCUT2D eigenvalue weighted by Gasteiger charge is -2.04. The zero-order chi connectivity index (χ0) is 11.2. The van der Waals surface area contributed by atoms with Crippen molar-refractivity contribution in [1.29, 1.82) is 0 Å². The average molecular weight is 237 g/mol. The summed E-state index contributed by atoms with van der Waals surface area (Å²) in [4.78, 5) is 0. The molecule has 16 heavy (non-hydrogen) atoms. The van der Waals surface area contributed by atoms with Crippen LogP contribution < -0.4 is 5.43 Å².